The second-order valence-corrected chi connectivity index (χ2v) is 6.28. The molecule has 0 aliphatic heterocycles. The fourth-order valence-electron chi connectivity index (χ4n) is 2.89. The van der Waals surface area contributed by atoms with Gasteiger partial charge in [0.1, 0.15) is 0 Å². The number of halogens is 1. The first-order valence-electron chi connectivity index (χ1n) is 7.21. The van der Waals surface area contributed by atoms with Crippen LogP contribution in [0.2, 0.25) is 0 Å². The van der Waals surface area contributed by atoms with E-state index in [1.54, 1.807) is 0 Å². The molecule has 1 aliphatic rings. The van der Waals surface area contributed by atoms with Crippen molar-refractivity contribution in [1.82, 2.24) is 10.1 Å². The van der Waals surface area contributed by atoms with Crippen molar-refractivity contribution in [2.75, 3.05) is 0 Å². The van der Waals surface area contributed by atoms with E-state index in [4.69, 9.17) is 10.3 Å². The quantitative estimate of drug-likeness (QED) is 0.942. The summed E-state index contributed by atoms with van der Waals surface area (Å²) in [5.74, 6) is 1.30. The molecule has 3 rings (SSSR count). The largest absolute Gasteiger partial charge is 0.338 e. The first-order valence-corrected chi connectivity index (χ1v) is 7.21. The molecular weight excluding hydrogens is 286 g/mol. The Morgan fingerprint density at radius 3 is 2.38 bits per heavy atom. The van der Waals surface area contributed by atoms with Gasteiger partial charge < -0.3 is 10.3 Å². The highest BCUT2D eigenvalue weighted by Gasteiger charge is 2.38. The standard InChI is InChI=1S/C16H21N3O.ClH/c1-15(2,12-8-4-3-5-9-12)14-18-13(19-20-14)16(17)10-6-7-11-16;/h3-5,8-9H,6-7,10-11,17H2,1-2H3;1H. The van der Waals surface area contributed by atoms with Crippen LogP contribution < -0.4 is 5.73 Å². The van der Waals surface area contributed by atoms with E-state index in [-0.39, 0.29) is 17.8 Å². The zero-order valence-corrected chi connectivity index (χ0v) is 13.3. The summed E-state index contributed by atoms with van der Waals surface area (Å²) in [5, 5.41) is 4.15. The summed E-state index contributed by atoms with van der Waals surface area (Å²) in [7, 11) is 0. The van der Waals surface area contributed by atoms with Crippen LogP contribution in [0.1, 0.15) is 56.8 Å². The number of nitrogens with two attached hydrogens (primary N) is 1. The molecule has 1 saturated carbocycles. The minimum Gasteiger partial charge on any atom is -0.338 e. The summed E-state index contributed by atoms with van der Waals surface area (Å²) < 4.78 is 5.52. The van der Waals surface area contributed by atoms with Crippen LogP contribution in [0.3, 0.4) is 0 Å². The minimum absolute atomic E-state index is 0. The van der Waals surface area contributed by atoms with Gasteiger partial charge in [-0.25, -0.2) is 0 Å². The number of rotatable bonds is 3. The zero-order valence-electron chi connectivity index (χ0n) is 12.5. The van der Waals surface area contributed by atoms with Crippen molar-refractivity contribution in [3.05, 3.63) is 47.6 Å². The average Bonchev–Trinajstić information content (AvgIpc) is 3.09. The van der Waals surface area contributed by atoms with Crippen LogP contribution in [-0.4, -0.2) is 10.1 Å². The first-order chi connectivity index (χ1) is 9.52. The lowest BCUT2D eigenvalue weighted by atomic mass is 9.84. The van der Waals surface area contributed by atoms with E-state index in [1.165, 1.54) is 0 Å². The van der Waals surface area contributed by atoms with Crippen LogP contribution in [0, 0.1) is 0 Å². The molecule has 4 nitrogen and oxygen atoms in total. The van der Waals surface area contributed by atoms with Gasteiger partial charge in [-0.3, -0.25) is 0 Å². The second-order valence-electron chi connectivity index (χ2n) is 6.28. The number of aromatic nitrogens is 2. The molecule has 0 unspecified atom stereocenters. The van der Waals surface area contributed by atoms with Crippen LogP contribution in [0.25, 0.3) is 0 Å². The molecule has 1 heterocycles. The number of nitrogens with zero attached hydrogens (tertiary/aromatic N) is 2. The van der Waals surface area contributed by atoms with Crippen LogP contribution in [0.4, 0.5) is 0 Å². The fraction of sp³-hybridized carbons (Fsp3) is 0.500. The van der Waals surface area contributed by atoms with Crippen LogP contribution in [-0.2, 0) is 11.0 Å². The van der Waals surface area contributed by atoms with Gasteiger partial charge in [0.05, 0.1) is 11.0 Å². The van der Waals surface area contributed by atoms with Crippen molar-refractivity contribution in [2.24, 2.45) is 5.73 Å². The fourth-order valence-corrected chi connectivity index (χ4v) is 2.89. The molecule has 0 atom stereocenters. The van der Waals surface area contributed by atoms with Gasteiger partial charge in [-0.15, -0.1) is 12.4 Å². The topological polar surface area (TPSA) is 64.9 Å². The van der Waals surface area contributed by atoms with Crippen molar-refractivity contribution < 1.29 is 4.52 Å². The van der Waals surface area contributed by atoms with Gasteiger partial charge in [-0.2, -0.15) is 4.98 Å². The summed E-state index contributed by atoms with van der Waals surface area (Å²) in [6.45, 7) is 4.19. The molecule has 21 heavy (non-hydrogen) atoms. The molecule has 114 valence electrons. The van der Waals surface area contributed by atoms with Crippen molar-refractivity contribution in [3.63, 3.8) is 0 Å². The second kappa shape index (κ2) is 5.78. The number of benzene rings is 1. The Bertz CT molecular complexity index is 589. The maximum atomic E-state index is 6.39. The van der Waals surface area contributed by atoms with Gasteiger partial charge in [0.2, 0.25) is 5.89 Å². The Balaban J connectivity index is 0.00000161. The molecule has 2 aromatic rings. The summed E-state index contributed by atoms with van der Waals surface area (Å²) in [4.78, 5) is 4.61. The molecule has 1 aromatic carbocycles. The molecule has 0 saturated heterocycles. The number of hydrogen-bond donors (Lipinski definition) is 1. The maximum absolute atomic E-state index is 6.39. The lowest BCUT2D eigenvalue weighted by Crippen LogP contribution is -2.34. The normalized spacial score (nSPS) is 17.5. The lowest BCUT2D eigenvalue weighted by molar-refractivity contribution is 0.318. The van der Waals surface area contributed by atoms with E-state index in [0.717, 1.165) is 31.2 Å². The highest BCUT2D eigenvalue weighted by Crippen LogP contribution is 2.36. The van der Waals surface area contributed by atoms with E-state index >= 15 is 0 Å². The molecule has 1 aliphatic carbocycles. The zero-order chi connectivity index (χ0) is 14.2. The SMILES string of the molecule is CC(C)(c1ccccc1)c1nc(C2(N)CCCC2)no1.Cl. The third-order valence-corrected chi connectivity index (χ3v) is 4.40. The molecule has 0 bridgehead atoms. The highest BCUT2D eigenvalue weighted by molar-refractivity contribution is 5.85. The molecule has 0 amide bonds. The Hall–Kier alpha value is -1.39. The van der Waals surface area contributed by atoms with Gasteiger partial charge in [0.25, 0.3) is 0 Å². The summed E-state index contributed by atoms with van der Waals surface area (Å²) >= 11 is 0. The predicted molar refractivity (Wildman–Crippen MR) is 84.4 cm³/mol. The molecule has 1 fully saturated rings. The lowest BCUT2D eigenvalue weighted by Gasteiger charge is -2.21. The van der Waals surface area contributed by atoms with Gasteiger partial charge in [-0.1, -0.05) is 48.3 Å². The van der Waals surface area contributed by atoms with Crippen molar-refractivity contribution in [3.8, 4) is 0 Å². The van der Waals surface area contributed by atoms with E-state index in [0.29, 0.717) is 11.7 Å². The summed E-state index contributed by atoms with van der Waals surface area (Å²) in [5.41, 5.74) is 6.85. The molecule has 0 spiro atoms. The molecule has 2 N–H and O–H groups in total. The molecule has 0 radical (unpaired) electrons. The number of hydrogen-bond acceptors (Lipinski definition) is 4. The van der Waals surface area contributed by atoms with Crippen LogP contribution >= 0.6 is 12.4 Å². The maximum Gasteiger partial charge on any atom is 0.236 e. The van der Waals surface area contributed by atoms with Crippen molar-refractivity contribution >= 4 is 12.4 Å². The molecule has 5 heteroatoms. The van der Waals surface area contributed by atoms with Gasteiger partial charge >= 0.3 is 0 Å². The molecular formula is C16H22ClN3O. The highest BCUT2D eigenvalue weighted by atomic mass is 35.5. The van der Waals surface area contributed by atoms with E-state index in [9.17, 15) is 0 Å². The monoisotopic (exact) mass is 307 g/mol. The third kappa shape index (κ3) is 2.83. The van der Waals surface area contributed by atoms with Gasteiger partial charge in [0.15, 0.2) is 5.82 Å². The Kier molecular flexibility index (Phi) is 4.40. The van der Waals surface area contributed by atoms with E-state index in [1.807, 2.05) is 18.2 Å². The van der Waals surface area contributed by atoms with Gasteiger partial charge in [-0.05, 0) is 32.3 Å². The van der Waals surface area contributed by atoms with Crippen LogP contribution in [0.5, 0.6) is 0 Å². The van der Waals surface area contributed by atoms with Crippen molar-refractivity contribution in [1.29, 1.82) is 0 Å². The Labute approximate surface area is 131 Å². The van der Waals surface area contributed by atoms with E-state index in [2.05, 4.69) is 36.1 Å². The average molecular weight is 308 g/mol. The Morgan fingerprint density at radius 1 is 1.14 bits per heavy atom. The predicted octanol–water partition coefficient (Wildman–Crippen LogP) is 3.55. The van der Waals surface area contributed by atoms with E-state index < -0.39 is 5.54 Å². The minimum atomic E-state index is -0.394. The van der Waals surface area contributed by atoms with Gasteiger partial charge in [0, 0.05) is 0 Å². The summed E-state index contributed by atoms with van der Waals surface area (Å²) in [6.07, 6.45) is 4.17. The first kappa shape index (κ1) is 16.0. The Morgan fingerprint density at radius 2 is 1.76 bits per heavy atom. The smallest absolute Gasteiger partial charge is 0.236 e. The molecule has 1 aromatic heterocycles. The summed E-state index contributed by atoms with van der Waals surface area (Å²) in [6, 6.07) is 10.2. The van der Waals surface area contributed by atoms with Crippen molar-refractivity contribution in [2.45, 2.75) is 50.5 Å². The van der Waals surface area contributed by atoms with Crippen LogP contribution in [0.15, 0.2) is 34.9 Å². The third-order valence-electron chi connectivity index (χ3n) is 4.40.